The van der Waals surface area contributed by atoms with Gasteiger partial charge in [0, 0.05) is 18.5 Å². The zero-order chi connectivity index (χ0) is 21.4. The molecule has 2 aromatic rings. The number of benzene rings is 2. The van der Waals surface area contributed by atoms with Crippen LogP contribution in [0.4, 0.5) is 0 Å². The van der Waals surface area contributed by atoms with Gasteiger partial charge in [-0.3, -0.25) is 4.79 Å². The second-order valence-corrected chi connectivity index (χ2v) is 8.76. The molecular weight excluding hydrogens is 390 g/mol. The third-order valence-corrected chi connectivity index (χ3v) is 6.19. The molecule has 0 spiro atoms. The third-order valence-electron chi connectivity index (χ3n) is 4.76. The Morgan fingerprint density at radius 1 is 1.10 bits per heavy atom. The SMILES string of the molecule is CNS(=O)(=O)c1ccc(CCC(=O)NCC(c2ccccc2OC)N(C)C)cc1. The summed E-state index contributed by atoms with van der Waals surface area (Å²) in [6, 6.07) is 14.3. The fourth-order valence-corrected chi connectivity index (χ4v) is 3.75. The number of rotatable bonds is 10. The highest BCUT2D eigenvalue weighted by molar-refractivity contribution is 7.89. The van der Waals surface area contributed by atoms with Crippen LogP contribution < -0.4 is 14.8 Å². The topological polar surface area (TPSA) is 87.7 Å². The number of hydrogen-bond acceptors (Lipinski definition) is 5. The molecule has 158 valence electrons. The molecule has 0 heterocycles. The number of ether oxygens (including phenoxy) is 1. The molecule has 0 fully saturated rings. The van der Waals surface area contributed by atoms with Crippen LogP contribution in [-0.4, -0.2) is 54.0 Å². The maximum Gasteiger partial charge on any atom is 0.240 e. The van der Waals surface area contributed by atoms with Crippen molar-refractivity contribution in [2.75, 3.05) is 34.8 Å². The summed E-state index contributed by atoms with van der Waals surface area (Å²) in [6.07, 6.45) is 0.858. The molecule has 0 aliphatic carbocycles. The number of hydrogen-bond donors (Lipinski definition) is 2. The van der Waals surface area contributed by atoms with Crippen molar-refractivity contribution in [1.82, 2.24) is 14.9 Å². The van der Waals surface area contributed by atoms with Crippen molar-refractivity contribution in [3.63, 3.8) is 0 Å². The first kappa shape index (κ1) is 22.9. The molecule has 0 aliphatic heterocycles. The minimum absolute atomic E-state index is 0.0128. The normalized spacial score (nSPS) is 12.6. The standard InChI is InChI=1S/C21H29N3O4S/c1-22-29(26,27)17-12-9-16(10-13-17)11-14-21(25)23-15-19(24(2)3)18-7-5-6-8-20(18)28-4/h5-10,12-13,19,22H,11,14-15H2,1-4H3,(H,23,25). The summed E-state index contributed by atoms with van der Waals surface area (Å²) >= 11 is 0. The van der Waals surface area contributed by atoms with Crippen molar-refractivity contribution in [3.05, 3.63) is 59.7 Å². The lowest BCUT2D eigenvalue weighted by molar-refractivity contribution is -0.121. The number of methoxy groups -OCH3 is 1. The highest BCUT2D eigenvalue weighted by Crippen LogP contribution is 2.27. The average Bonchev–Trinajstić information content (AvgIpc) is 2.72. The lowest BCUT2D eigenvalue weighted by Crippen LogP contribution is -2.34. The van der Waals surface area contributed by atoms with Crippen LogP contribution in [0.1, 0.15) is 23.6 Å². The van der Waals surface area contributed by atoms with Crippen molar-refractivity contribution >= 4 is 15.9 Å². The molecule has 2 rings (SSSR count). The van der Waals surface area contributed by atoms with Gasteiger partial charge in [0.1, 0.15) is 5.75 Å². The predicted octanol–water partition coefficient (Wildman–Crippen LogP) is 1.95. The van der Waals surface area contributed by atoms with Gasteiger partial charge in [0.2, 0.25) is 15.9 Å². The Morgan fingerprint density at radius 3 is 2.34 bits per heavy atom. The zero-order valence-corrected chi connectivity index (χ0v) is 18.1. The average molecular weight is 420 g/mol. The lowest BCUT2D eigenvalue weighted by Gasteiger charge is -2.26. The van der Waals surface area contributed by atoms with Crippen molar-refractivity contribution in [2.45, 2.75) is 23.8 Å². The molecule has 0 aromatic heterocycles. The van der Waals surface area contributed by atoms with E-state index in [0.717, 1.165) is 16.9 Å². The summed E-state index contributed by atoms with van der Waals surface area (Å²) in [5, 5.41) is 2.99. The number of nitrogens with one attached hydrogen (secondary N) is 2. The van der Waals surface area contributed by atoms with Crippen LogP contribution in [0.2, 0.25) is 0 Å². The summed E-state index contributed by atoms with van der Waals surface area (Å²) in [6.45, 7) is 0.464. The first-order valence-corrected chi connectivity index (χ1v) is 10.9. The van der Waals surface area contributed by atoms with E-state index in [2.05, 4.69) is 10.0 Å². The molecule has 0 bridgehead atoms. The first-order valence-electron chi connectivity index (χ1n) is 9.37. The van der Waals surface area contributed by atoms with Crippen LogP contribution in [0.3, 0.4) is 0 Å². The summed E-state index contributed by atoms with van der Waals surface area (Å²) in [5.41, 5.74) is 1.92. The number of sulfonamides is 1. The Morgan fingerprint density at radius 2 is 1.76 bits per heavy atom. The van der Waals surface area contributed by atoms with Gasteiger partial charge in [0.15, 0.2) is 0 Å². The van der Waals surface area contributed by atoms with Crippen LogP contribution in [-0.2, 0) is 21.2 Å². The first-order chi connectivity index (χ1) is 13.8. The molecule has 29 heavy (non-hydrogen) atoms. The number of amides is 1. The Bertz CT molecular complexity index is 912. The van der Waals surface area contributed by atoms with Gasteiger partial charge in [-0.05, 0) is 51.3 Å². The maximum atomic E-state index is 12.3. The Hall–Kier alpha value is -2.42. The number of aryl methyl sites for hydroxylation is 1. The van der Waals surface area contributed by atoms with E-state index in [-0.39, 0.29) is 16.8 Å². The second-order valence-electron chi connectivity index (χ2n) is 6.88. The molecule has 0 radical (unpaired) electrons. The number of carbonyl (C=O) groups is 1. The van der Waals surface area contributed by atoms with E-state index >= 15 is 0 Å². The van der Waals surface area contributed by atoms with Gasteiger partial charge in [-0.15, -0.1) is 0 Å². The molecule has 0 saturated carbocycles. The quantitative estimate of drug-likeness (QED) is 0.615. The van der Waals surface area contributed by atoms with E-state index in [9.17, 15) is 13.2 Å². The minimum atomic E-state index is -3.45. The monoisotopic (exact) mass is 419 g/mol. The Labute approximate surface area is 173 Å². The van der Waals surface area contributed by atoms with Crippen molar-refractivity contribution in [3.8, 4) is 5.75 Å². The van der Waals surface area contributed by atoms with E-state index in [1.165, 1.54) is 7.05 Å². The highest BCUT2D eigenvalue weighted by atomic mass is 32.2. The zero-order valence-electron chi connectivity index (χ0n) is 17.3. The molecule has 1 amide bonds. The van der Waals surface area contributed by atoms with E-state index in [1.54, 1.807) is 31.4 Å². The van der Waals surface area contributed by atoms with Gasteiger partial charge in [0.25, 0.3) is 0 Å². The lowest BCUT2D eigenvalue weighted by atomic mass is 10.0. The number of likely N-dealkylation sites (N-methyl/N-ethyl adjacent to an activating group) is 1. The molecule has 0 aliphatic rings. The third kappa shape index (κ3) is 6.28. The smallest absolute Gasteiger partial charge is 0.240 e. The van der Waals surface area contributed by atoms with Gasteiger partial charge in [0.05, 0.1) is 18.0 Å². The summed E-state index contributed by atoms with van der Waals surface area (Å²) in [5.74, 6) is 0.732. The van der Waals surface area contributed by atoms with Gasteiger partial charge in [-0.1, -0.05) is 30.3 Å². The van der Waals surface area contributed by atoms with Crippen LogP contribution in [0.25, 0.3) is 0 Å². The van der Waals surface area contributed by atoms with Gasteiger partial charge < -0.3 is 15.0 Å². The number of carbonyl (C=O) groups excluding carboxylic acids is 1. The van der Waals surface area contributed by atoms with E-state index < -0.39 is 10.0 Å². The number of para-hydroxylation sites is 1. The maximum absolute atomic E-state index is 12.3. The van der Waals surface area contributed by atoms with Gasteiger partial charge in [-0.2, -0.15) is 0 Å². The minimum Gasteiger partial charge on any atom is -0.496 e. The van der Waals surface area contributed by atoms with Gasteiger partial charge >= 0.3 is 0 Å². The summed E-state index contributed by atoms with van der Waals surface area (Å²) in [4.78, 5) is 14.6. The predicted molar refractivity (Wildman–Crippen MR) is 113 cm³/mol. The Balaban J connectivity index is 1.93. The molecule has 2 aromatic carbocycles. The Kier molecular flexibility index (Phi) is 8.19. The molecule has 1 atom stereocenters. The van der Waals surface area contributed by atoms with E-state index in [4.69, 9.17) is 4.74 Å². The van der Waals surface area contributed by atoms with E-state index in [1.807, 2.05) is 43.3 Å². The van der Waals surface area contributed by atoms with Crippen LogP contribution in [0, 0.1) is 0 Å². The summed E-state index contributed by atoms with van der Waals surface area (Å²) in [7, 11) is 3.49. The fraction of sp³-hybridized carbons (Fsp3) is 0.381. The van der Waals surface area contributed by atoms with Crippen LogP contribution in [0.15, 0.2) is 53.4 Å². The second kappa shape index (κ2) is 10.4. The van der Waals surface area contributed by atoms with Crippen LogP contribution >= 0.6 is 0 Å². The fourth-order valence-electron chi connectivity index (χ4n) is 3.02. The van der Waals surface area contributed by atoms with Crippen LogP contribution in [0.5, 0.6) is 5.75 Å². The highest BCUT2D eigenvalue weighted by Gasteiger charge is 2.19. The van der Waals surface area contributed by atoms with Crippen molar-refractivity contribution < 1.29 is 17.9 Å². The van der Waals surface area contributed by atoms with Crippen molar-refractivity contribution in [2.24, 2.45) is 0 Å². The van der Waals surface area contributed by atoms with Crippen molar-refractivity contribution in [1.29, 1.82) is 0 Å². The summed E-state index contributed by atoms with van der Waals surface area (Å²) < 4.78 is 31.2. The molecule has 7 nitrogen and oxygen atoms in total. The molecule has 8 heteroatoms. The largest absolute Gasteiger partial charge is 0.496 e. The molecule has 2 N–H and O–H groups in total. The number of nitrogens with zero attached hydrogens (tertiary/aromatic N) is 1. The molecule has 1 unspecified atom stereocenters. The van der Waals surface area contributed by atoms with E-state index in [0.29, 0.717) is 19.4 Å². The van der Waals surface area contributed by atoms with Gasteiger partial charge in [-0.25, -0.2) is 13.1 Å². The molecule has 0 saturated heterocycles. The molecular formula is C21H29N3O4S.